The van der Waals surface area contributed by atoms with Crippen LogP contribution < -0.4 is 9.80 Å². The molecule has 27 heavy (non-hydrogen) atoms. The van der Waals surface area contributed by atoms with Gasteiger partial charge in [-0.2, -0.15) is 0 Å². The number of aryl methyl sites for hydroxylation is 2. The number of anilines is 2. The van der Waals surface area contributed by atoms with Gasteiger partial charge in [0.15, 0.2) is 0 Å². The third kappa shape index (κ3) is 3.48. The van der Waals surface area contributed by atoms with E-state index in [1.807, 2.05) is 9.80 Å². The minimum Gasteiger partial charge on any atom is -0.312 e. The van der Waals surface area contributed by atoms with Crippen molar-refractivity contribution in [1.82, 2.24) is 0 Å². The molecule has 4 nitrogen and oxygen atoms in total. The smallest absolute Gasteiger partial charge is 0.227 e. The standard InChI is InChI=1S/C23H26N2O2/c1-16-13-20(24-11-3-5-22(24)26)9-7-18(16)15-19-8-10-21(14-17(19)2)25-12-4-6-23(25)27/h7-10,13-14H,3-6,11-12,15H2,1-2H3. The molecule has 0 N–H and O–H groups in total. The normalized spacial score (nSPS) is 17.3. The van der Waals surface area contributed by atoms with Crippen LogP contribution in [0.3, 0.4) is 0 Å². The molecule has 2 aliphatic heterocycles. The average molecular weight is 362 g/mol. The summed E-state index contributed by atoms with van der Waals surface area (Å²) >= 11 is 0. The van der Waals surface area contributed by atoms with E-state index in [-0.39, 0.29) is 11.8 Å². The lowest BCUT2D eigenvalue weighted by Gasteiger charge is -2.19. The Bertz CT molecular complexity index is 830. The molecule has 0 spiro atoms. The first-order valence-electron chi connectivity index (χ1n) is 9.83. The molecule has 2 amide bonds. The molecule has 4 rings (SSSR count). The second kappa shape index (κ2) is 7.18. The average Bonchev–Trinajstić information content (AvgIpc) is 3.26. The van der Waals surface area contributed by atoms with Crippen LogP contribution in [0.4, 0.5) is 11.4 Å². The Labute approximate surface area is 160 Å². The highest BCUT2D eigenvalue weighted by molar-refractivity contribution is 5.96. The van der Waals surface area contributed by atoms with Crippen LogP contribution in [0, 0.1) is 13.8 Å². The molecule has 2 saturated heterocycles. The van der Waals surface area contributed by atoms with Gasteiger partial charge in [-0.05, 0) is 79.6 Å². The summed E-state index contributed by atoms with van der Waals surface area (Å²) in [6.07, 6.45) is 4.08. The summed E-state index contributed by atoms with van der Waals surface area (Å²) in [4.78, 5) is 27.7. The Kier molecular flexibility index (Phi) is 4.73. The summed E-state index contributed by atoms with van der Waals surface area (Å²) in [5.74, 6) is 0.454. The van der Waals surface area contributed by atoms with Gasteiger partial charge in [-0.15, -0.1) is 0 Å². The lowest BCUT2D eigenvalue weighted by Crippen LogP contribution is -2.23. The van der Waals surface area contributed by atoms with E-state index in [1.54, 1.807) is 0 Å². The van der Waals surface area contributed by atoms with E-state index in [0.29, 0.717) is 12.8 Å². The Morgan fingerprint density at radius 1 is 0.741 bits per heavy atom. The highest BCUT2D eigenvalue weighted by Gasteiger charge is 2.23. The Balaban J connectivity index is 1.53. The van der Waals surface area contributed by atoms with E-state index in [4.69, 9.17) is 0 Å². The van der Waals surface area contributed by atoms with Gasteiger partial charge in [0.05, 0.1) is 0 Å². The maximum atomic E-state index is 12.0. The summed E-state index contributed by atoms with van der Waals surface area (Å²) in [5.41, 5.74) is 7.00. The first kappa shape index (κ1) is 17.8. The van der Waals surface area contributed by atoms with Crippen LogP contribution in [-0.4, -0.2) is 24.9 Å². The third-order valence-corrected chi connectivity index (χ3v) is 5.80. The fourth-order valence-corrected chi connectivity index (χ4v) is 4.14. The molecule has 0 aliphatic carbocycles. The van der Waals surface area contributed by atoms with Gasteiger partial charge >= 0.3 is 0 Å². The Hall–Kier alpha value is -2.62. The van der Waals surface area contributed by atoms with Crippen LogP contribution in [0.5, 0.6) is 0 Å². The highest BCUT2D eigenvalue weighted by atomic mass is 16.2. The fraction of sp³-hybridized carbons (Fsp3) is 0.391. The van der Waals surface area contributed by atoms with Crippen LogP contribution in [0.2, 0.25) is 0 Å². The van der Waals surface area contributed by atoms with Gasteiger partial charge in [0.2, 0.25) is 11.8 Å². The zero-order chi connectivity index (χ0) is 19.0. The molecule has 0 atom stereocenters. The molecule has 0 saturated carbocycles. The van der Waals surface area contributed by atoms with Crippen molar-refractivity contribution in [2.45, 2.75) is 46.0 Å². The van der Waals surface area contributed by atoms with Crippen molar-refractivity contribution in [1.29, 1.82) is 0 Å². The maximum absolute atomic E-state index is 12.0. The molecular formula is C23H26N2O2. The van der Waals surface area contributed by atoms with Gasteiger partial charge in [0, 0.05) is 37.3 Å². The molecule has 140 valence electrons. The van der Waals surface area contributed by atoms with Crippen LogP contribution in [0.15, 0.2) is 36.4 Å². The summed E-state index contributed by atoms with van der Waals surface area (Å²) < 4.78 is 0. The van der Waals surface area contributed by atoms with Gasteiger partial charge in [0.25, 0.3) is 0 Å². The Morgan fingerprint density at radius 2 is 1.19 bits per heavy atom. The molecule has 2 heterocycles. The van der Waals surface area contributed by atoms with E-state index < -0.39 is 0 Å². The topological polar surface area (TPSA) is 40.6 Å². The van der Waals surface area contributed by atoms with Crippen molar-refractivity contribution < 1.29 is 9.59 Å². The number of amides is 2. The monoisotopic (exact) mass is 362 g/mol. The van der Waals surface area contributed by atoms with Crippen molar-refractivity contribution in [3.8, 4) is 0 Å². The second-order valence-corrected chi connectivity index (χ2v) is 7.70. The minimum absolute atomic E-state index is 0.227. The molecule has 2 fully saturated rings. The predicted octanol–water partition coefficient (Wildman–Crippen LogP) is 4.15. The second-order valence-electron chi connectivity index (χ2n) is 7.70. The fourth-order valence-electron chi connectivity index (χ4n) is 4.14. The summed E-state index contributed by atoms with van der Waals surface area (Å²) in [7, 11) is 0. The quantitative estimate of drug-likeness (QED) is 0.820. The molecule has 0 radical (unpaired) electrons. The van der Waals surface area contributed by atoms with Gasteiger partial charge in [-0.25, -0.2) is 0 Å². The van der Waals surface area contributed by atoms with Crippen LogP contribution in [-0.2, 0) is 16.0 Å². The van der Waals surface area contributed by atoms with Crippen LogP contribution >= 0.6 is 0 Å². The van der Waals surface area contributed by atoms with Gasteiger partial charge in [-0.1, -0.05) is 12.1 Å². The van der Waals surface area contributed by atoms with Gasteiger partial charge in [0.1, 0.15) is 0 Å². The van der Waals surface area contributed by atoms with Gasteiger partial charge in [-0.3, -0.25) is 9.59 Å². The molecule has 2 aromatic rings. The number of nitrogens with zero attached hydrogens (tertiary/aromatic N) is 2. The molecule has 0 unspecified atom stereocenters. The van der Waals surface area contributed by atoms with Gasteiger partial charge < -0.3 is 9.80 Å². The largest absolute Gasteiger partial charge is 0.312 e. The minimum atomic E-state index is 0.227. The van der Waals surface area contributed by atoms with E-state index in [9.17, 15) is 9.59 Å². The zero-order valence-electron chi connectivity index (χ0n) is 16.1. The summed E-state index contributed by atoms with van der Waals surface area (Å²) in [6, 6.07) is 12.7. The van der Waals surface area contributed by atoms with Crippen LogP contribution in [0.1, 0.15) is 47.9 Å². The van der Waals surface area contributed by atoms with Crippen molar-refractivity contribution >= 4 is 23.2 Å². The molecular weight excluding hydrogens is 336 g/mol. The van der Waals surface area contributed by atoms with Crippen molar-refractivity contribution in [3.63, 3.8) is 0 Å². The molecule has 0 bridgehead atoms. The number of carbonyl (C=O) groups excluding carboxylic acids is 2. The summed E-state index contributed by atoms with van der Waals surface area (Å²) in [5, 5.41) is 0. The summed E-state index contributed by atoms with van der Waals surface area (Å²) in [6.45, 7) is 5.89. The van der Waals surface area contributed by atoms with Crippen LogP contribution in [0.25, 0.3) is 0 Å². The Morgan fingerprint density at radius 3 is 1.52 bits per heavy atom. The van der Waals surface area contributed by atoms with Crippen molar-refractivity contribution in [3.05, 3.63) is 58.7 Å². The zero-order valence-corrected chi connectivity index (χ0v) is 16.1. The third-order valence-electron chi connectivity index (χ3n) is 5.80. The number of rotatable bonds is 4. The number of carbonyl (C=O) groups is 2. The molecule has 2 aromatic carbocycles. The van der Waals surface area contributed by atoms with E-state index >= 15 is 0 Å². The molecule has 2 aliphatic rings. The highest BCUT2D eigenvalue weighted by Crippen LogP contribution is 2.28. The molecule has 0 aromatic heterocycles. The number of hydrogen-bond acceptors (Lipinski definition) is 2. The van der Waals surface area contributed by atoms with E-state index in [2.05, 4.69) is 50.2 Å². The lowest BCUT2D eigenvalue weighted by molar-refractivity contribution is -0.117. The number of hydrogen-bond donors (Lipinski definition) is 0. The van der Waals surface area contributed by atoms with Crippen molar-refractivity contribution in [2.24, 2.45) is 0 Å². The van der Waals surface area contributed by atoms with Crippen molar-refractivity contribution in [2.75, 3.05) is 22.9 Å². The SMILES string of the molecule is Cc1cc(N2CCCC2=O)ccc1Cc1ccc(N2CCCC2=O)cc1C. The first-order chi connectivity index (χ1) is 13.0. The maximum Gasteiger partial charge on any atom is 0.227 e. The predicted molar refractivity (Wildman–Crippen MR) is 108 cm³/mol. The van der Waals surface area contributed by atoms with E-state index in [1.165, 1.54) is 22.3 Å². The number of benzene rings is 2. The lowest BCUT2D eigenvalue weighted by atomic mass is 9.96. The first-order valence-corrected chi connectivity index (χ1v) is 9.83. The molecule has 4 heteroatoms. The van der Waals surface area contributed by atoms with E-state index in [0.717, 1.165) is 43.7 Å².